The van der Waals surface area contributed by atoms with E-state index in [4.69, 9.17) is 9.47 Å². The number of aryl methyl sites for hydroxylation is 1. The summed E-state index contributed by atoms with van der Waals surface area (Å²) in [6.07, 6.45) is 2.44. The fourth-order valence-corrected chi connectivity index (χ4v) is 4.41. The maximum atomic E-state index is 12.8. The molecule has 4 rings (SSSR count). The van der Waals surface area contributed by atoms with E-state index in [0.717, 1.165) is 36.1 Å². The molecule has 2 aromatic rings. The molecule has 5 heteroatoms. The molecule has 0 bridgehead atoms. The van der Waals surface area contributed by atoms with Crippen molar-refractivity contribution in [2.24, 2.45) is 18.9 Å². The second-order valence-electron chi connectivity index (χ2n) is 6.87. The van der Waals surface area contributed by atoms with Crippen molar-refractivity contribution in [2.75, 3.05) is 13.7 Å². The van der Waals surface area contributed by atoms with Gasteiger partial charge in [0.2, 0.25) is 0 Å². The number of nitrogens with zero attached hydrogens (tertiary/aromatic N) is 1. The Hall–Kier alpha value is -2.01. The number of carbonyl (C=O) groups excluding carboxylic acids is 1. The molecule has 1 aliphatic heterocycles. The summed E-state index contributed by atoms with van der Waals surface area (Å²) in [4.78, 5) is 12.8. The molecule has 0 radical (unpaired) electrons. The highest BCUT2D eigenvalue weighted by atomic mass is 16.5. The molecular formula is C19H24N2O3. The number of methoxy groups -OCH3 is 1. The number of aromatic nitrogens is 1. The molecule has 4 atom stereocenters. The van der Waals surface area contributed by atoms with Crippen molar-refractivity contribution in [2.45, 2.75) is 31.9 Å². The lowest BCUT2D eigenvalue weighted by molar-refractivity contribution is -0.0545. The number of rotatable bonds is 4. The van der Waals surface area contributed by atoms with Crippen LogP contribution in [-0.4, -0.2) is 36.3 Å². The van der Waals surface area contributed by atoms with Crippen LogP contribution in [0.4, 0.5) is 0 Å². The summed E-state index contributed by atoms with van der Waals surface area (Å²) in [6, 6.07) is 8.06. The number of ether oxygens (including phenoxy) is 2. The Kier molecular flexibility index (Phi) is 3.76. The molecule has 5 nitrogen and oxygen atoms in total. The highest BCUT2D eigenvalue weighted by molar-refractivity contribution is 5.99. The minimum absolute atomic E-state index is 0.00136. The van der Waals surface area contributed by atoms with Gasteiger partial charge >= 0.3 is 0 Å². The van der Waals surface area contributed by atoms with E-state index in [0.29, 0.717) is 23.6 Å². The summed E-state index contributed by atoms with van der Waals surface area (Å²) < 4.78 is 13.0. The van der Waals surface area contributed by atoms with Gasteiger partial charge in [0.1, 0.15) is 11.4 Å². The minimum atomic E-state index is 0.00136. The van der Waals surface area contributed by atoms with Crippen LogP contribution in [0.25, 0.3) is 10.9 Å². The van der Waals surface area contributed by atoms with Crippen LogP contribution < -0.4 is 10.1 Å². The van der Waals surface area contributed by atoms with Crippen LogP contribution in [0, 0.1) is 11.8 Å². The Labute approximate surface area is 141 Å². The van der Waals surface area contributed by atoms with Crippen molar-refractivity contribution < 1.29 is 14.3 Å². The van der Waals surface area contributed by atoms with E-state index in [1.54, 1.807) is 7.11 Å². The summed E-state index contributed by atoms with van der Waals surface area (Å²) >= 11 is 0. The fraction of sp³-hybridized carbons (Fsp3) is 0.526. The van der Waals surface area contributed by atoms with E-state index in [1.807, 2.05) is 35.9 Å². The molecule has 0 unspecified atom stereocenters. The maximum absolute atomic E-state index is 12.8. The highest BCUT2D eigenvalue weighted by Crippen LogP contribution is 2.45. The van der Waals surface area contributed by atoms with Crippen LogP contribution in [-0.2, 0) is 11.8 Å². The van der Waals surface area contributed by atoms with Gasteiger partial charge < -0.3 is 19.4 Å². The zero-order chi connectivity index (χ0) is 16.8. The van der Waals surface area contributed by atoms with Gasteiger partial charge in [0, 0.05) is 43.0 Å². The van der Waals surface area contributed by atoms with Crippen LogP contribution in [0.1, 0.15) is 30.3 Å². The zero-order valence-corrected chi connectivity index (χ0v) is 14.4. The molecule has 2 fully saturated rings. The first-order valence-corrected chi connectivity index (χ1v) is 8.70. The lowest BCUT2D eigenvalue weighted by atomic mass is 9.65. The molecule has 0 spiro atoms. The standard InChI is InChI=1S/C19H24N2O3/c1-4-13-17(14-7-8-24-18(13)14)20-19(22)16-9-11-5-6-12(23-3)10-15(11)21(16)2/h5-6,9-10,13-14,17-18H,4,7-8H2,1-3H3,(H,20,22)/t13-,14+,17-,18-/m1/s1. The lowest BCUT2D eigenvalue weighted by Gasteiger charge is -2.47. The van der Waals surface area contributed by atoms with Crippen molar-refractivity contribution in [3.8, 4) is 5.75 Å². The number of amides is 1. The third kappa shape index (κ3) is 2.22. The number of fused-ring (bicyclic) bond motifs is 2. The number of carbonyl (C=O) groups is 1. The summed E-state index contributed by atoms with van der Waals surface area (Å²) in [5.41, 5.74) is 1.69. The second-order valence-corrected chi connectivity index (χ2v) is 6.87. The smallest absolute Gasteiger partial charge is 0.268 e. The van der Waals surface area contributed by atoms with Crippen molar-refractivity contribution in [3.05, 3.63) is 30.0 Å². The lowest BCUT2D eigenvalue weighted by Crippen LogP contribution is -2.61. The van der Waals surface area contributed by atoms with E-state index in [2.05, 4.69) is 12.2 Å². The first-order chi connectivity index (χ1) is 11.6. The van der Waals surface area contributed by atoms with E-state index < -0.39 is 0 Å². The molecule has 1 N–H and O–H groups in total. The topological polar surface area (TPSA) is 52.5 Å². The Morgan fingerprint density at radius 1 is 1.42 bits per heavy atom. The monoisotopic (exact) mass is 328 g/mol. The Morgan fingerprint density at radius 3 is 3.00 bits per heavy atom. The van der Waals surface area contributed by atoms with Gasteiger partial charge in [-0.1, -0.05) is 6.92 Å². The molecule has 2 heterocycles. The predicted octanol–water partition coefficient (Wildman–Crippen LogP) is 2.73. The summed E-state index contributed by atoms with van der Waals surface area (Å²) in [5, 5.41) is 4.31. The van der Waals surface area contributed by atoms with Gasteiger partial charge in [0.05, 0.1) is 18.7 Å². The molecular weight excluding hydrogens is 304 g/mol. The number of hydrogen-bond donors (Lipinski definition) is 1. The van der Waals surface area contributed by atoms with Gasteiger partial charge in [0.25, 0.3) is 5.91 Å². The number of nitrogens with one attached hydrogen (secondary N) is 1. The Morgan fingerprint density at radius 2 is 2.25 bits per heavy atom. The zero-order valence-electron chi connectivity index (χ0n) is 14.4. The predicted molar refractivity (Wildman–Crippen MR) is 92.4 cm³/mol. The summed E-state index contributed by atoms with van der Waals surface area (Å²) in [6.45, 7) is 3.00. The van der Waals surface area contributed by atoms with E-state index in [1.165, 1.54) is 0 Å². The Bertz CT molecular complexity index is 782. The summed E-state index contributed by atoms with van der Waals surface area (Å²) in [7, 11) is 3.58. The SMILES string of the molecule is CC[C@@H]1[C@@H](NC(=O)c2cc3ccc(OC)cc3n2C)[C@@H]2CCO[C@H]12. The molecule has 128 valence electrons. The molecule has 1 aromatic heterocycles. The Balaban J connectivity index is 1.58. The molecule has 1 aliphatic carbocycles. The molecule has 1 amide bonds. The van der Waals surface area contributed by atoms with Gasteiger partial charge in [-0.3, -0.25) is 4.79 Å². The van der Waals surface area contributed by atoms with E-state index in [9.17, 15) is 4.79 Å². The average molecular weight is 328 g/mol. The maximum Gasteiger partial charge on any atom is 0.268 e. The van der Waals surface area contributed by atoms with Gasteiger partial charge in [-0.25, -0.2) is 0 Å². The average Bonchev–Trinajstić information content (AvgIpc) is 3.15. The fourth-order valence-electron chi connectivity index (χ4n) is 4.41. The summed E-state index contributed by atoms with van der Waals surface area (Å²) in [5.74, 6) is 1.72. The van der Waals surface area contributed by atoms with E-state index >= 15 is 0 Å². The van der Waals surface area contributed by atoms with Crippen LogP contribution in [0.3, 0.4) is 0 Å². The van der Waals surface area contributed by atoms with Crippen LogP contribution in [0.2, 0.25) is 0 Å². The molecule has 1 saturated carbocycles. The van der Waals surface area contributed by atoms with Crippen LogP contribution in [0.15, 0.2) is 24.3 Å². The molecule has 1 saturated heterocycles. The number of benzene rings is 1. The van der Waals surface area contributed by atoms with Crippen molar-refractivity contribution in [1.29, 1.82) is 0 Å². The first kappa shape index (κ1) is 15.5. The van der Waals surface area contributed by atoms with Crippen molar-refractivity contribution >= 4 is 16.8 Å². The minimum Gasteiger partial charge on any atom is -0.497 e. The highest BCUT2D eigenvalue weighted by Gasteiger charge is 2.53. The van der Waals surface area contributed by atoms with Crippen molar-refractivity contribution in [3.63, 3.8) is 0 Å². The second kappa shape index (κ2) is 5.81. The third-order valence-electron chi connectivity index (χ3n) is 5.78. The van der Waals surface area contributed by atoms with Gasteiger partial charge in [-0.15, -0.1) is 0 Å². The van der Waals surface area contributed by atoms with Gasteiger partial charge in [0.15, 0.2) is 0 Å². The largest absolute Gasteiger partial charge is 0.497 e. The van der Waals surface area contributed by atoms with Crippen molar-refractivity contribution in [1.82, 2.24) is 9.88 Å². The normalized spacial score (nSPS) is 28.5. The molecule has 24 heavy (non-hydrogen) atoms. The van der Waals surface area contributed by atoms with Gasteiger partial charge in [-0.05, 0) is 31.0 Å². The first-order valence-electron chi connectivity index (χ1n) is 8.70. The van der Waals surface area contributed by atoms with Crippen LogP contribution in [0.5, 0.6) is 5.75 Å². The van der Waals surface area contributed by atoms with Gasteiger partial charge in [-0.2, -0.15) is 0 Å². The molecule has 2 aliphatic rings. The molecule has 1 aromatic carbocycles. The third-order valence-corrected chi connectivity index (χ3v) is 5.78. The van der Waals surface area contributed by atoms with Crippen LogP contribution >= 0.6 is 0 Å². The van der Waals surface area contributed by atoms with E-state index in [-0.39, 0.29) is 11.9 Å². The number of hydrogen-bond acceptors (Lipinski definition) is 3. The quantitative estimate of drug-likeness (QED) is 0.939.